The van der Waals surface area contributed by atoms with Crippen molar-refractivity contribution in [2.45, 2.75) is 73.6 Å². The van der Waals surface area contributed by atoms with E-state index < -0.39 is 128 Å². The van der Waals surface area contributed by atoms with Crippen LogP contribution >= 0.6 is 23.5 Å². The Bertz CT molecular complexity index is 3200. The fourth-order valence-corrected chi connectivity index (χ4v) is 10.2. The van der Waals surface area contributed by atoms with E-state index in [1.807, 2.05) is 0 Å². The van der Waals surface area contributed by atoms with E-state index in [2.05, 4.69) is 49.4 Å². The molecule has 9 heterocycles. The summed E-state index contributed by atoms with van der Waals surface area (Å²) >= 11 is 0. The van der Waals surface area contributed by atoms with Crippen molar-refractivity contribution < 1.29 is 90.2 Å². The summed E-state index contributed by atoms with van der Waals surface area (Å²) in [5, 5.41) is 33.4. The Balaban J connectivity index is 0.941. The van der Waals surface area contributed by atoms with Crippen LogP contribution in [0.1, 0.15) is 18.7 Å². The van der Waals surface area contributed by atoms with Gasteiger partial charge in [0.1, 0.15) is 66.8 Å². The highest BCUT2D eigenvalue weighted by Gasteiger charge is 2.54. The maximum atomic E-state index is 13.8. The van der Waals surface area contributed by atoms with Crippen LogP contribution in [0.15, 0.2) is 34.9 Å². The number of fused-ring (bicyclic) bond motifs is 3. The van der Waals surface area contributed by atoms with Gasteiger partial charge in [-0.2, -0.15) is 9.97 Å². The number of phosphoric acid groups is 3. The maximum Gasteiger partial charge on any atom is 0.472 e. The number of ether oxygens (including phenoxy) is 4. The molecule has 380 valence electrons. The number of aliphatic hydroxyl groups is 3. The summed E-state index contributed by atoms with van der Waals surface area (Å²) in [5.41, 5.74) is 15.2. The molecule has 3 aliphatic rings. The van der Waals surface area contributed by atoms with Crippen molar-refractivity contribution in [3.05, 3.63) is 46.0 Å². The molecule has 70 heavy (non-hydrogen) atoms. The van der Waals surface area contributed by atoms with Crippen LogP contribution in [-0.2, 0) is 55.3 Å². The van der Waals surface area contributed by atoms with Gasteiger partial charge in [0, 0.05) is 7.11 Å². The van der Waals surface area contributed by atoms with Crippen molar-refractivity contribution in [2.24, 2.45) is 0 Å². The largest absolute Gasteiger partial charge is 0.472 e. The van der Waals surface area contributed by atoms with Crippen LogP contribution in [0, 0.1) is 0 Å². The lowest BCUT2D eigenvalue weighted by atomic mass is 10.1. The third-order valence-corrected chi connectivity index (χ3v) is 13.5. The number of aliphatic hydroxyl groups excluding tert-OH is 3. The van der Waals surface area contributed by atoms with Gasteiger partial charge in [0.05, 0.1) is 38.8 Å². The van der Waals surface area contributed by atoms with Gasteiger partial charge in [-0.25, -0.2) is 38.6 Å². The van der Waals surface area contributed by atoms with E-state index in [1.165, 1.54) is 0 Å². The first-order chi connectivity index (χ1) is 33.0. The van der Waals surface area contributed by atoms with Gasteiger partial charge in [0.15, 0.2) is 52.5 Å². The van der Waals surface area contributed by atoms with Gasteiger partial charge in [-0.05, 0) is 0 Å². The fourth-order valence-electron chi connectivity index (χ4n) is 7.94. The topological polar surface area (TPSA) is 525 Å². The number of hydrogen-bond donors (Lipinski definition) is 12. The predicted molar refractivity (Wildman–Crippen MR) is 225 cm³/mol. The van der Waals surface area contributed by atoms with Crippen molar-refractivity contribution >= 4 is 74.7 Å². The van der Waals surface area contributed by atoms with Crippen molar-refractivity contribution in [3.63, 3.8) is 0 Å². The highest BCUT2D eigenvalue weighted by molar-refractivity contribution is 7.47. The number of nitrogen functional groups attached to an aromatic ring is 3. The third-order valence-electron chi connectivity index (χ3n) is 11.0. The van der Waals surface area contributed by atoms with Gasteiger partial charge in [-0.1, -0.05) is 0 Å². The van der Waals surface area contributed by atoms with Crippen molar-refractivity contribution in [1.82, 2.24) is 58.6 Å². The number of anilines is 3. The molecule has 0 bridgehead atoms. The molecule has 36 nitrogen and oxygen atoms in total. The Morgan fingerprint density at radius 2 is 1.07 bits per heavy atom. The Kier molecular flexibility index (Phi) is 13.3. The minimum atomic E-state index is -5.49. The lowest BCUT2D eigenvalue weighted by molar-refractivity contribution is -0.0618. The van der Waals surface area contributed by atoms with Gasteiger partial charge >= 0.3 is 23.5 Å². The molecule has 15 N–H and O–H groups in total. The number of nitrogens with one attached hydrogen (secondary N) is 2. The number of nitrogens with zero attached hydrogens (tertiary/aromatic N) is 10. The molecule has 3 saturated heterocycles. The van der Waals surface area contributed by atoms with E-state index in [0.29, 0.717) is 0 Å². The number of hydrogen-bond acceptors (Lipinski definition) is 27. The van der Waals surface area contributed by atoms with Crippen LogP contribution in [0.4, 0.5) is 17.7 Å². The van der Waals surface area contributed by atoms with Gasteiger partial charge in [0.25, 0.3) is 11.1 Å². The highest BCUT2D eigenvalue weighted by atomic mass is 31.2. The lowest BCUT2D eigenvalue weighted by Crippen LogP contribution is -2.38. The van der Waals surface area contributed by atoms with Crippen LogP contribution in [0.5, 0.6) is 0 Å². The molecule has 39 heteroatoms. The first-order valence-electron chi connectivity index (χ1n) is 20.0. The Morgan fingerprint density at radius 3 is 1.66 bits per heavy atom. The summed E-state index contributed by atoms with van der Waals surface area (Å²) in [4.78, 5) is 98.5. The minimum absolute atomic E-state index is 0.0109. The number of rotatable bonds is 17. The standard InChI is InChI=1S/C31H40N15O21P3/c1-59-20-19(11(3-60-68(52,53)54)65-29(20)46-8-39-14-24(46)41-31(34)43-26(14)51)67-70(57,58)62-4-10-18(17(49)28(64-10)44-6-37-12-21(32)35-5-36-22(12)44)66-69(55,56)61-2-9-15(47)16(48)27(63-9)45-7-38-13-23(45)40-30(33)42-25(13)50/h5-11,15-20,27-29,47-49H,2-4H2,1H3,(H,55,56)(H,57,58)(H2,32,35,36)(H2,52,53,54)(H3,33,40,42,50)(H3,34,41,43,51)/t9-,10?,11-,15-,16-,17-,18-,19-,20-,27?,28?,29?/m1/s1. The van der Waals surface area contributed by atoms with E-state index in [9.17, 15) is 58.2 Å². The molecule has 6 unspecified atom stereocenters. The molecule has 6 aromatic heterocycles. The number of phosphoric ester groups is 3. The zero-order valence-corrected chi connectivity index (χ0v) is 37.9. The Morgan fingerprint density at radius 1 is 0.600 bits per heavy atom. The number of methoxy groups -OCH3 is 1. The van der Waals surface area contributed by atoms with Crippen LogP contribution in [0.2, 0.25) is 0 Å². The highest BCUT2D eigenvalue weighted by Crippen LogP contribution is 2.53. The molecular formula is C31H40N15O21P3. The summed E-state index contributed by atoms with van der Waals surface area (Å²) in [6.45, 7) is -3.06. The van der Waals surface area contributed by atoms with Crippen molar-refractivity contribution in [1.29, 1.82) is 0 Å². The molecular weight excluding hydrogens is 1010 g/mol. The second-order valence-electron chi connectivity index (χ2n) is 15.5. The van der Waals surface area contributed by atoms with Crippen molar-refractivity contribution in [2.75, 3.05) is 44.1 Å². The summed E-state index contributed by atoms with van der Waals surface area (Å²) in [6, 6.07) is 0. The summed E-state index contributed by atoms with van der Waals surface area (Å²) < 4.78 is 91.6. The predicted octanol–water partition coefficient (Wildman–Crippen LogP) is -4.26. The molecule has 3 aliphatic heterocycles. The first-order valence-corrected chi connectivity index (χ1v) is 24.5. The molecule has 0 saturated carbocycles. The van der Waals surface area contributed by atoms with Crippen molar-refractivity contribution in [3.8, 4) is 0 Å². The molecule has 0 radical (unpaired) electrons. The molecule has 3 fully saturated rings. The Hall–Kier alpha value is -5.30. The van der Waals surface area contributed by atoms with E-state index in [1.54, 1.807) is 0 Å². The zero-order valence-electron chi connectivity index (χ0n) is 35.3. The fraction of sp³-hybridized carbons (Fsp3) is 0.516. The summed E-state index contributed by atoms with van der Waals surface area (Å²) in [6.07, 6.45) is -16.0. The van der Waals surface area contributed by atoms with E-state index in [-0.39, 0.29) is 51.2 Å². The number of imidazole rings is 3. The number of aromatic nitrogens is 12. The molecule has 14 atom stereocenters. The van der Waals surface area contributed by atoms with Crippen LogP contribution in [-0.4, -0.2) is 175 Å². The average Bonchev–Trinajstić information content (AvgIpc) is 4.14. The van der Waals surface area contributed by atoms with Crippen LogP contribution in [0.3, 0.4) is 0 Å². The smallest absolute Gasteiger partial charge is 0.387 e. The van der Waals surface area contributed by atoms with Gasteiger partial charge in [-0.15, -0.1) is 0 Å². The normalized spacial score (nSPS) is 30.2. The molecule has 0 aliphatic carbocycles. The van der Waals surface area contributed by atoms with Gasteiger partial charge in [-0.3, -0.25) is 55.9 Å². The quantitative estimate of drug-likeness (QED) is 0.0385. The second kappa shape index (κ2) is 18.7. The van der Waals surface area contributed by atoms with E-state index in [4.69, 9.17) is 54.2 Å². The third kappa shape index (κ3) is 9.60. The molecule has 9 rings (SSSR count). The number of aromatic amines is 2. The molecule has 6 aromatic rings. The van der Waals surface area contributed by atoms with E-state index >= 15 is 0 Å². The van der Waals surface area contributed by atoms with Gasteiger partial charge < -0.3 is 71.0 Å². The Labute approximate surface area is 386 Å². The number of nitrogens with two attached hydrogens (primary N) is 3. The zero-order chi connectivity index (χ0) is 50.2. The maximum absolute atomic E-state index is 13.8. The SMILES string of the molecule is CO[C@H]1C(n2cnc3c(=O)[nH]c(N)nc32)O[C@H](COP(=O)(O)O)[C@H]1OP(=O)(O)OCC1OC(n2cnc3c(N)ncnc32)[C@H](O)[C@@H]1OP(=O)(O)OC[C@H]1OC(n2cnc3c(=O)[nH]c(N)nc32)[C@H](O)[C@@H]1O. The minimum Gasteiger partial charge on any atom is -0.387 e. The van der Waals surface area contributed by atoms with Gasteiger partial charge in [0.2, 0.25) is 11.9 Å². The summed E-state index contributed by atoms with van der Waals surface area (Å²) in [7, 11) is -15.0. The second-order valence-corrected chi connectivity index (χ2v) is 19.5. The average molecular weight is 1050 g/mol. The first kappa shape index (κ1) is 49.7. The molecule has 0 spiro atoms. The number of H-pyrrole nitrogens is 2. The monoisotopic (exact) mass is 1050 g/mol. The van der Waals surface area contributed by atoms with Crippen LogP contribution < -0.4 is 28.3 Å². The van der Waals surface area contributed by atoms with E-state index in [0.717, 1.165) is 46.1 Å². The lowest BCUT2D eigenvalue weighted by Gasteiger charge is -2.27. The van der Waals surface area contributed by atoms with Crippen LogP contribution in [0.25, 0.3) is 33.5 Å². The molecule has 0 aromatic carbocycles. The summed E-state index contributed by atoms with van der Waals surface area (Å²) in [5.74, 6) is -0.716. The molecule has 0 amide bonds.